The van der Waals surface area contributed by atoms with Crippen LogP contribution in [-0.2, 0) is 9.84 Å². The van der Waals surface area contributed by atoms with Crippen molar-refractivity contribution < 1.29 is 12.8 Å². The second-order valence-corrected chi connectivity index (χ2v) is 6.58. The third-order valence-corrected chi connectivity index (χ3v) is 4.86. The molecule has 0 aliphatic carbocycles. The topological polar surface area (TPSA) is 76.0 Å². The first-order valence-corrected chi connectivity index (χ1v) is 7.92. The fourth-order valence-electron chi connectivity index (χ4n) is 1.87. The fraction of sp³-hybridized carbons (Fsp3) is 0. The normalized spacial score (nSPS) is 11.4. The fourth-order valence-corrected chi connectivity index (χ4v) is 3.27. The molecule has 0 spiro atoms. The lowest BCUT2D eigenvalue weighted by Gasteiger charge is -2.04. The van der Waals surface area contributed by atoms with Crippen LogP contribution in [-0.4, -0.2) is 18.6 Å². The van der Waals surface area contributed by atoms with Gasteiger partial charge in [-0.3, -0.25) is 0 Å². The molecule has 0 saturated heterocycles. The molecule has 3 aromatic rings. The second kappa shape index (κ2) is 5.27. The van der Waals surface area contributed by atoms with Crippen LogP contribution < -0.4 is 0 Å². The molecule has 0 bridgehead atoms. The van der Waals surface area contributed by atoms with Gasteiger partial charge in [-0.1, -0.05) is 18.2 Å². The van der Waals surface area contributed by atoms with E-state index in [4.69, 9.17) is 16.6 Å². The van der Waals surface area contributed by atoms with Crippen LogP contribution in [0.1, 0.15) is 0 Å². The van der Waals surface area contributed by atoms with Gasteiger partial charge in [0.05, 0.1) is 9.79 Å². The van der Waals surface area contributed by atoms with Gasteiger partial charge in [0.1, 0.15) is 0 Å². The van der Waals surface area contributed by atoms with Crippen molar-refractivity contribution >= 4 is 22.1 Å². The van der Waals surface area contributed by atoms with Gasteiger partial charge in [-0.05, 0) is 48.6 Å². The number of nitrogens with one attached hydrogen (secondary N) is 1. The van der Waals surface area contributed by atoms with Crippen molar-refractivity contribution in [2.24, 2.45) is 0 Å². The average Bonchev–Trinajstić information content (AvgIpc) is 2.95. The first kappa shape index (κ1) is 13.7. The lowest BCUT2D eigenvalue weighted by atomic mass is 10.2. The molecule has 21 heavy (non-hydrogen) atoms. The monoisotopic (exact) mass is 318 g/mol. The highest BCUT2D eigenvalue weighted by Gasteiger charge is 2.17. The van der Waals surface area contributed by atoms with Crippen LogP contribution in [0.2, 0.25) is 0 Å². The molecule has 1 N–H and O–H groups in total. The first-order valence-electron chi connectivity index (χ1n) is 6.03. The summed E-state index contributed by atoms with van der Waals surface area (Å²) in [4.78, 5) is 0.646. The van der Waals surface area contributed by atoms with E-state index in [1.165, 1.54) is 12.1 Å². The van der Waals surface area contributed by atoms with Gasteiger partial charge in [0.25, 0.3) is 4.84 Å². The van der Waals surface area contributed by atoms with Crippen LogP contribution in [0.5, 0.6) is 0 Å². The molecular weight excluding hydrogens is 308 g/mol. The highest BCUT2D eigenvalue weighted by atomic mass is 32.2. The molecule has 1 aromatic heterocycles. The maximum Gasteiger partial charge on any atom is 0.284 e. The summed E-state index contributed by atoms with van der Waals surface area (Å²) >= 11 is 4.80. The van der Waals surface area contributed by atoms with Crippen LogP contribution in [0.4, 0.5) is 0 Å². The summed E-state index contributed by atoms with van der Waals surface area (Å²) < 4.78 is 30.0. The number of hydrogen-bond acceptors (Lipinski definition) is 5. The van der Waals surface area contributed by atoms with Crippen LogP contribution in [0.25, 0.3) is 11.5 Å². The van der Waals surface area contributed by atoms with Gasteiger partial charge in [-0.15, -0.1) is 5.10 Å². The molecule has 0 radical (unpaired) electrons. The van der Waals surface area contributed by atoms with Crippen molar-refractivity contribution in [3.63, 3.8) is 0 Å². The van der Waals surface area contributed by atoms with Crippen LogP contribution in [0.15, 0.2) is 68.8 Å². The highest BCUT2D eigenvalue weighted by molar-refractivity contribution is 7.91. The van der Waals surface area contributed by atoms with Crippen molar-refractivity contribution in [1.29, 1.82) is 0 Å². The van der Waals surface area contributed by atoms with E-state index in [0.717, 1.165) is 0 Å². The number of aromatic amines is 1. The number of H-pyrrole nitrogens is 1. The van der Waals surface area contributed by atoms with Crippen molar-refractivity contribution in [3.05, 3.63) is 59.4 Å². The molecule has 3 rings (SSSR count). The van der Waals surface area contributed by atoms with E-state index < -0.39 is 9.84 Å². The predicted octanol–water partition coefficient (Wildman–Crippen LogP) is 3.23. The van der Waals surface area contributed by atoms with Gasteiger partial charge in [-0.2, -0.15) is 0 Å². The minimum atomic E-state index is -3.51. The molecule has 2 aromatic carbocycles. The maximum absolute atomic E-state index is 12.4. The largest absolute Gasteiger partial charge is 0.409 e. The van der Waals surface area contributed by atoms with E-state index in [-0.39, 0.29) is 14.6 Å². The van der Waals surface area contributed by atoms with Crippen molar-refractivity contribution in [1.82, 2.24) is 10.2 Å². The van der Waals surface area contributed by atoms with E-state index in [2.05, 4.69) is 10.2 Å². The Morgan fingerprint density at radius 3 is 2.14 bits per heavy atom. The Balaban J connectivity index is 2.00. The molecule has 0 unspecified atom stereocenters. The summed E-state index contributed by atoms with van der Waals surface area (Å²) in [6, 6.07) is 14.6. The number of sulfone groups is 1. The van der Waals surface area contributed by atoms with Crippen LogP contribution in [0.3, 0.4) is 0 Å². The summed E-state index contributed by atoms with van der Waals surface area (Å²) in [6.45, 7) is 0. The molecular formula is C14H10N2O3S2. The van der Waals surface area contributed by atoms with E-state index >= 15 is 0 Å². The van der Waals surface area contributed by atoms with Gasteiger partial charge in [-0.25, -0.2) is 13.5 Å². The summed E-state index contributed by atoms with van der Waals surface area (Å²) in [7, 11) is -3.51. The molecule has 1 heterocycles. The Morgan fingerprint density at radius 1 is 0.952 bits per heavy atom. The standard InChI is InChI=1S/C14H10N2O3S2/c17-21(18,11-4-2-1-3-5-11)12-8-6-10(7-9-12)13-15-16-14(20)19-13/h1-9H,(H,16,20). The molecule has 0 aliphatic heterocycles. The van der Waals surface area contributed by atoms with Gasteiger partial charge in [0, 0.05) is 5.56 Å². The number of benzene rings is 2. The van der Waals surface area contributed by atoms with Crippen molar-refractivity contribution in [2.45, 2.75) is 9.79 Å². The minimum absolute atomic E-state index is 0.172. The van der Waals surface area contributed by atoms with Gasteiger partial charge >= 0.3 is 0 Å². The average molecular weight is 318 g/mol. The summed E-state index contributed by atoms with van der Waals surface area (Å²) in [5, 5.41) is 6.41. The Morgan fingerprint density at radius 2 is 1.57 bits per heavy atom. The van der Waals surface area contributed by atoms with Gasteiger partial charge in [0.15, 0.2) is 0 Å². The summed E-state index contributed by atoms with van der Waals surface area (Å²) in [6.07, 6.45) is 0. The van der Waals surface area contributed by atoms with Crippen LogP contribution >= 0.6 is 12.2 Å². The summed E-state index contributed by atoms with van der Waals surface area (Å²) in [5.41, 5.74) is 0.648. The minimum Gasteiger partial charge on any atom is -0.409 e. The third kappa shape index (κ3) is 2.65. The molecule has 0 fully saturated rings. The Labute approximate surface area is 126 Å². The lowest BCUT2D eigenvalue weighted by Crippen LogP contribution is -2.01. The number of nitrogens with zero attached hydrogens (tertiary/aromatic N) is 1. The van der Waals surface area contributed by atoms with E-state index in [1.807, 2.05) is 0 Å². The second-order valence-electron chi connectivity index (χ2n) is 4.26. The number of rotatable bonds is 3. The van der Waals surface area contributed by atoms with Crippen LogP contribution in [0, 0.1) is 4.84 Å². The van der Waals surface area contributed by atoms with E-state index in [1.54, 1.807) is 42.5 Å². The molecule has 7 heteroatoms. The van der Waals surface area contributed by atoms with E-state index in [9.17, 15) is 8.42 Å². The Kier molecular flexibility index (Phi) is 3.44. The van der Waals surface area contributed by atoms with Crippen molar-refractivity contribution in [2.75, 3.05) is 0 Å². The number of aromatic nitrogens is 2. The Bertz CT molecular complexity index is 911. The molecule has 0 saturated carbocycles. The summed E-state index contributed by atoms with van der Waals surface area (Å²) in [5.74, 6) is 0.323. The van der Waals surface area contributed by atoms with E-state index in [0.29, 0.717) is 11.5 Å². The van der Waals surface area contributed by atoms with Gasteiger partial charge in [0.2, 0.25) is 15.7 Å². The highest BCUT2D eigenvalue weighted by Crippen LogP contribution is 2.23. The zero-order valence-corrected chi connectivity index (χ0v) is 12.3. The first-order chi connectivity index (χ1) is 10.1. The molecule has 0 atom stereocenters. The van der Waals surface area contributed by atoms with Crippen molar-refractivity contribution in [3.8, 4) is 11.5 Å². The molecule has 0 aliphatic rings. The quantitative estimate of drug-likeness (QED) is 0.750. The predicted molar refractivity (Wildman–Crippen MR) is 79.0 cm³/mol. The number of hydrogen-bond donors (Lipinski definition) is 1. The maximum atomic E-state index is 12.4. The lowest BCUT2D eigenvalue weighted by molar-refractivity contribution is 0.552. The third-order valence-electron chi connectivity index (χ3n) is 2.90. The van der Waals surface area contributed by atoms with Gasteiger partial charge < -0.3 is 4.42 Å². The zero-order chi connectivity index (χ0) is 14.9. The molecule has 5 nitrogen and oxygen atoms in total. The molecule has 0 amide bonds. The SMILES string of the molecule is O=S(=O)(c1ccccc1)c1ccc(-c2n[nH]c(=S)o2)cc1. The molecule has 106 valence electrons. The Hall–Kier alpha value is -2.25. The zero-order valence-electron chi connectivity index (χ0n) is 10.7. The smallest absolute Gasteiger partial charge is 0.284 e.